The molecule has 0 fully saturated rings. The van der Waals surface area contributed by atoms with E-state index in [1.54, 1.807) is 0 Å². The van der Waals surface area contributed by atoms with Crippen LogP contribution in [0.5, 0.6) is 0 Å². The largest absolute Gasteiger partial charge is 0.443 e. The zero-order valence-electron chi connectivity index (χ0n) is 18.4. The second kappa shape index (κ2) is 9.62. The SMILES string of the molecule is C[C@H](NS(=O)(=O)c1cc2cc(F)ccc2o1)C(=O)NCc1cc(-c2ccc(C(F)(F)F)nc2)ncn1. The van der Waals surface area contributed by atoms with Gasteiger partial charge in [-0.15, -0.1) is 0 Å². The lowest BCUT2D eigenvalue weighted by molar-refractivity contribution is -0.141. The molecule has 36 heavy (non-hydrogen) atoms. The van der Waals surface area contributed by atoms with E-state index in [9.17, 15) is 30.8 Å². The minimum Gasteiger partial charge on any atom is -0.443 e. The number of furan rings is 1. The number of nitrogens with zero attached hydrogens (tertiary/aromatic N) is 3. The molecule has 3 heterocycles. The summed E-state index contributed by atoms with van der Waals surface area (Å²) in [7, 11) is -4.23. The molecule has 1 amide bonds. The summed E-state index contributed by atoms with van der Waals surface area (Å²) in [6, 6.07) is 6.95. The molecule has 4 aromatic rings. The van der Waals surface area contributed by atoms with E-state index >= 15 is 0 Å². The molecule has 0 aliphatic rings. The number of rotatable bonds is 7. The Kier molecular flexibility index (Phi) is 6.73. The molecule has 0 saturated heterocycles. The smallest absolute Gasteiger partial charge is 0.433 e. The van der Waals surface area contributed by atoms with Gasteiger partial charge in [0.15, 0.2) is 0 Å². The Morgan fingerprint density at radius 1 is 1.08 bits per heavy atom. The van der Waals surface area contributed by atoms with Crippen LogP contribution in [0.25, 0.3) is 22.2 Å². The minimum atomic E-state index is -4.57. The number of hydrogen-bond acceptors (Lipinski definition) is 7. The molecule has 0 spiro atoms. The van der Waals surface area contributed by atoms with Crippen molar-refractivity contribution >= 4 is 26.9 Å². The fourth-order valence-corrected chi connectivity index (χ4v) is 4.33. The van der Waals surface area contributed by atoms with Gasteiger partial charge in [0.25, 0.3) is 10.0 Å². The summed E-state index contributed by atoms with van der Waals surface area (Å²) < 4.78 is 84.1. The van der Waals surface area contributed by atoms with E-state index in [2.05, 4.69) is 25.0 Å². The second-order valence-electron chi connectivity index (χ2n) is 7.63. The molecule has 4 rings (SSSR count). The zero-order chi connectivity index (χ0) is 26.1. The van der Waals surface area contributed by atoms with Gasteiger partial charge in [0, 0.05) is 23.2 Å². The van der Waals surface area contributed by atoms with Gasteiger partial charge in [0.2, 0.25) is 11.0 Å². The number of pyridine rings is 1. The first-order valence-corrected chi connectivity index (χ1v) is 11.7. The molecule has 9 nitrogen and oxygen atoms in total. The fourth-order valence-electron chi connectivity index (χ4n) is 3.16. The van der Waals surface area contributed by atoms with E-state index in [-0.39, 0.29) is 23.2 Å². The molecule has 0 saturated carbocycles. The summed E-state index contributed by atoms with van der Waals surface area (Å²) >= 11 is 0. The molecule has 0 aliphatic heterocycles. The number of nitrogens with one attached hydrogen (secondary N) is 2. The Labute approximate surface area is 201 Å². The summed E-state index contributed by atoms with van der Waals surface area (Å²) in [5, 5.41) is 2.28. The van der Waals surface area contributed by atoms with Gasteiger partial charge >= 0.3 is 6.18 Å². The van der Waals surface area contributed by atoms with Crippen LogP contribution in [0, 0.1) is 5.82 Å². The molecular weight excluding hydrogens is 506 g/mol. The average molecular weight is 523 g/mol. The molecule has 1 aromatic carbocycles. The molecule has 0 radical (unpaired) electrons. The number of carbonyl (C=O) groups excluding carboxylic acids is 1. The summed E-state index contributed by atoms with van der Waals surface area (Å²) in [6.07, 6.45) is -2.37. The van der Waals surface area contributed by atoms with Crippen LogP contribution >= 0.6 is 0 Å². The number of carbonyl (C=O) groups is 1. The van der Waals surface area contributed by atoms with E-state index < -0.39 is 44.8 Å². The van der Waals surface area contributed by atoms with Crippen LogP contribution in [0.1, 0.15) is 18.3 Å². The molecular formula is C22H17F4N5O4S. The first-order valence-electron chi connectivity index (χ1n) is 10.3. The highest BCUT2D eigenvalue weighted by molar-refractivity contribution is 7.89. The molecule has 2 N–H and O–H groups in total. The third kappa shape index (κ3) is 5.66. The maximum absolute atomic E-state index is 13.4. The van der Waals surface area contributed by atoms with Crippen molar-refractivity contribution in [1.29, 1.82) is 0 Å². The number of sulfonamides is 1. The molecule has 0 unspecified atom stereocenters. The predicted octanol–water partition coefficient (Wildman–Crippen LogP) is 3.43. The lowest BCUT2D eigenvalue weighted by Crippen LogP contribution is -2.44. The molecule has 14 heteroatoms. The Bertz CT molecular complexity index is 1520. The summed E-state index contributed by atoms with van der Waals surface area (Å²) in [5.74, 6) is -1.24. The lowest BCUT2D eigenvalue weighted by atomic mass is 10.1. The Balaban J connectivity index is 1.39. The third-order valence-corrected chi connectivity index (χ3v) is 6.36. The van der Waals surface area contributed by atoms with Crippen molar-refractivity contribution in [3.63, 3.8) is 0 Å². The van der Waals surface area contributed by atoms with Crippen molar-refractivity contribution in [3.8, 4) is 11.3 Å². The van der Waals surface area contributed by atoms with Crippen LogP contribution in [0.2, 0.25) is 0 Å². The number of alkyl halides is 3. The summed E-state index contributed by atoms with van der Waals surface area (Å²) in [4.78, 5) is 23.8. The quantitative estimate of drug-likeness (QED) is 0.356. The van der Waals surface area contributed by atoms with E-state index in [1.807, 2.05) is 0 Å². The van der Waals surface area contributed by atoms with Crippen LogP contribution < -0.4 is 10.0 Å². The van der Waals surface area contributed by atoms with E-state index in [0.29, 0.717) is 11.3 Å². The molecule has 0 aliphatic carbocycles. The summed E-state index contributed by atoms with van der Waals surface area (Å²) in [6.45, 7) is 1.20. The van der Waals surface area contributed by atoms with Crippen LogP contribution in [0.15, 0.2) is 64.5 Å². The van der Waals surface area contributed by atoms with E-state index in [4.69, 9.17) is 4.42 Å². The second-order valence-corrected chi connectivity index (χ2v) is 9.28. The predicted molar refractivity (Wildman–Crippen MR) is 118 cm³/mol. The molecule has 3 aromatic heterocycles. The Morgan fingerprint density at radius 3 is 2.56 bits per heavy atom. The average Bonchev–Trinajstić information content (AvgIpc) is 3.26. The monoisotopic (exact) mass is 523 g/mol. The van der Waals surface area contributed by atoms with Gasteiger partial charge in [-0.3, -0.25) is 9.78 Å². The van der Waals surface area contributed by atoms with Gasteiger partial charge < -0.3 is 9.73 Å². The zero-order valence-corrected chi connectivity index (χ0v) is 19.2. The standard InChI is InChI=1S/C22H17F4N5O4S/c1-12(31-36(33,34)20-7-14-6-15(23)3-4-18(14)35-20)21(32)28-10-16-8-17(30-11-29-16)13-2-5-19(27-9-13)22(24,25)26/h2-9,11-12,31H,10H2,1H3,(H,28,32)/t12-/m0/s1. The molecule has 188 valence electrons. The number of aromatic nitrogens is 3. The third-order valence-electron chi connectivity index (χ3n) is 4.96. The van der Waals surface area contributed by atoms with Crippen molar-refractivity contribution < 1.29 is 35.2 Å². The first kappa shape index (κ1) is 25.2. The van der Waals surface area contributed by atoms with Gasteiger partial charge in [-0.25, -0.2) is 22.8 Å². The van der Waals surface area contributed by atoms with Crippen molar-refractivity contribution in [2.24, 2.45) is 0 Å². The van der Waals surface area contributed by atoms with Gasteiger partial charge in [0.1, 0.15) is 23.4 Å². The Morgan fingerprint density at radius 2 is 1.86 bits per heavy atom. The van der Waals surface area contributed by atoms with Gasteiger partial charge in [-0.05, 0) is 43.3 Å². The van der Waals surface area contributed by atoms with Crippen molar-refractivity contribution in [2.75, 3.05) is 0 Å². The topological polar surface area (TPSA) is 127 Å². The van der Waals surface area contributed by atoms with Crippen LogP contribution in [-0.4, -0.2) is 35.3 Å². The van der Waals surface area contributed by atoms with Crippen LogP contribution in [0.3, 0.4) is 0 Å². The van der Waals surface area contributed by atoms with Crippen molar-refractivity contribution in [1.82, 2.24) is 25.0 Å². The highest BCUT2D eigenvalue weighted by atomic mass is 32.2. The Hall–Kier alpha value is -3.91. The molecule has 1 atom stereocenters. The lowest BCUT2D eigenvalue weighted by Gasteiger charge is -2.13. The highest BCUT2D eigenvalue weighted by Gasteiger charge is 2.32. The van der Waals surface area contributed by atoms with Crippen LogP contribution in [0.4, 0.5) is 17.6 Å². The highest BCUT2D eigenvalue weighted by Crippen LogP contribution is 2.28. The van der Waals surface area contributed by atoms with Crippen LogP contribution in [-0.2, 0) is 27.5 Å². The number of hydrogen-bond donors (Lipinski definition) is 2. The number of fused-ring (bicyclic) bond motifs is 1. The summed E-state index contributed by atoms with van der Waals surface area (Å²) in [5.41, 5.74) is 0.0359. The maximum atomic E-state index is 13.4. The first-order chi connectivity index (χ1) is 16.9. The number of amides is 1. The maximum Gasteiger partial charge on any atom is 0.433 e. The normalized spacial score (nSPS) is 13.0. The fraction of sp³-hybridized carbons (Fsp3) is 0.182. The van der Waals surface area contributed by atoms with Gasteiger partial charge in [-0.2, -0.15) is 17.9 Å². The number of benzene rings is 1. The minimum absolute atomic E-state index is 0.113. The number of halogens is 4. The molecule has 0 bridgehead atoms. The van der Waals surface area contributed by atoms with Crippen molar-refractivity contribution in [2.45, 2.75) is 30.8 Å². The van der Waals surface area contributed by atoms with E-state index in [0.717, 1.165) is 30.5 Å². The van der Waals surface area contributed by atoms with E-state index in [1.165, 1.54) is 31.5 Å². The van der Waals surface area contributed by atoms with Gasteiger partial charge in [0.05, 0.1) is 24.0 Å². The van der Waals surface area contributed by atoms with Gasteiger partial charge in [-0.1, -0.05) is 0 Å². The van der Waals surface area contributed by atoms with Crippen molar-refractivity contribution in [3.05, 3.63) is 72.2 Å².